The van der Waals surface area contributed by atoms with Gasteiger partial charge in [0.2, 0.25) is 15.8 Å². The van der Waals surface area contributed by atoms with Crippen molar-refractivity contribution in [1.29, 1.82) is 0 Å². The highest BCUT2D eigenvalue weighted by Crippen LogP contribution is 2.45. The molecule has 4 aliphatic rings. The quantitative estimate of drug-likeness (QED) is 0.444. The van der Waals surface area contributed by atoms with Crippen molar-refractivity contribution in [2.24, 2.45) is 0 Å². The third-order valence-electron chi connectivity index (χ3n) is 7.48. The molecule has 3 atom stereocenters. The maximum absolute atomic E-state index is 12.9. The van der Waals surface area contributed by atoms with Gasteiger partial charge in [0, 0.05) is 24.9 Å². The van der Waals surface area contributed by atoms with Gasteiger partial charge in [-0.2, -0.15) is 14.3 Å². The van der Waals surface area contributed by atoms with E-state index in [9.17, 15) is 16.8 Å². The Labute approximate surface area is 221 Å². The molecule has 0 spiro atoms. The van der Waals surface area contributed by atoms with Crippen LogP contribution >= 0.6 is 11.6 Å². The van der Waals surface area contributed by atoms with Crippen LogP contribution in [0.15, 0.2) is 29.4 Å². The molecule has 2 saturated carbocycles. The first kappa shape index (κ1) is 25.1. The van der Waals surface area contributed by atoms with Crippen molar-refractivity contribution < 1.29 is 31.0 Å². The molecule has 2 aromatic rings. The average molecular weight is 570 g/mol. The SMILES string of the molecule is COc1c(Oc2ccc(S(=O)(=O)C3CC3)cc2Cl)ncnc1O[C@H]1CC2CC[C@@H](C1)N2S(=O)(=O)C1CC1. The van der Waals surface area contributed by atoms with Gasteiger partial charge in [0.1, 0.15) is 18.2 Å². The summed E-state index contributed by atoms with van der Waals surface area (Å²) in [6.07, 6.45) is 6.71. The van der Waals surface area contributed by atoms with Crippen LogP contribution in [0.2, 0.25) is 5.02 Å². The highest BCUT2D eigenvalue weighted by molar-refractivity contribution is 7.92. The molecule has 13 heteroatoms. The monoisotopic (exact) mass is 569 g/mol. The van der Waals surface area contributed by atoms with E-state index in [2.05, 4.69) is 9.97 Å². The van der Waals surface area contributed by atoms with Crippen molar-refractivity contribution in [3.05, 3.63) is 29.5 Å². The number of piperidine rings is 1. The normalized spacial score (nSPS) is 26.2. The molecule has 1 unspecified atom stereocenters. The molecule has 1 aromatic heterocycles. The van der Waals surface area contributed by atoms with Gasteiger partial charge in [-0.25, -0.2) is 16.8 Å². The summed E-state index contributed by atoms with van der Waals surface area (Å²) in [5, 5.41) is -0.428. The number of aromatic nitrogens is 2. The smallest absolute Gasteiger partial charge is 0.269 e. The zero-order valence-electron chi connectivity index (χ0n) is 20.2. The van der Waals surface area contributed by atoms with Gasteiger partial charge in [-0.1, -0.05) is 11.6 Å². The zero-order valence-corrected chi connectivity index (χ0v) is 22.6. The minimum absolute atomic E-state index is 0.0675. The molecule has 0 amide bonds. The number of ether oxygens (including phenoxy) is 3. The lowest BCUT2D eigenvalue weighted by Gasteiger charge is -2.37. The molecule has 6 rings (SSSR count). The second-order valence-corrected chi connectivity index (χ2v) is 14.9. The van der Waals surface area contributed by atoms with Crippen molar-refractivity contribution >= 4 is 31.5 Å². The lowest BCUT2D eigenvalue weighted by molar-refractivity contribution is 0.0881. The number of sulfonamides is 1. The number of sulfone groups is 1. The van der Waals surface area contributed by atoms with Crippen LogP contribution in [0.1, 0.15) is 51.4 Å². The van der Waals surface area contributed by atoms with Crippen LogP contribution in [0.25, 0.3) is 0 Å². The van der Waals surface area contributed by atoms with Gasteiger partial charge >= 0.3 is 0 Å². The minimum Gasteiger partial charge on any atom is -0.487 e. The Morgan fingerprint density at radius 2 is 1.57 bits per heavy atom. The molecule has 0 radical (unpaired) electrons. The van der Waals surface area contributed by atoms with Crippen LogP contribution in [0.3, 0.4) is 0 Å². The van der Waals surface area contributed by atoms with Crippen LogP contribution in [0.5, 0.6) is 23.3 Å². The number of halogens is 1. The summed E-state index contributed by atoms with van der Waals surface area (Å²) in [7, 11) is -5.18. The van der Waals surface area contributed by atoms with Gasteiger partial charge in [-0.05, 0) is 56.7 Å². The first-order chi connectivity index (χ1) is 17.7. The fourth-order valence-corrected chi connectivity index (χ4v) is 9.64. The van der Waals surface area contributed by atoms with E-state index in [1.165, 1.54) is 31.6 Å². The maximum Gasteiger partial charge on any atom is 0.269 e. The summed E-state index contributed by atoms with van der Waals surface area (Å²) < 4.78 is 70.2. The van der Waals surface area contributed by atoms with E-state index >= 15 is 0 Å². The molecule has 0 N–H and O–H groups in total. The Kier molecular flexibility index (Phi) is 6.28. The number of nitrogens with zero attached hydrogens (tertiary/aromatic N) is 3. The van der Waals surface area contributed by atoms with Crippen LogP contribution in [-0.2, 0) is 19.9 Å². The summed E-state index contributed by atoms with van der Waals surface area (Å²) >= 11 is 6.36. The molecular formula is C24H28ClN3O7S2. The molecule has 2 aliphatic carbocycles. The number of hydrogen-bond donors (Lipinski definition) is 0. The predicted molar refractivity (Wildman–Crippen MR) is 135 cm³/mol. The molecule has 10 nitrogen and oxygen atoms in total. The molecule has 200 valence electrons. The van der Waals surface area contributed by atoms with Gasteiger partial charge in [0.05, 0.1) is 27.5 Å². The van der Waals surface area contributed by atoms with Crippen molar-refractivity contribution in [2.45, 2.75) is 84.9 Å². The van der Waals surface area contributed by atoms with Crippen LogP contribution in [0.4, 0.5) is 0 Å². The van der Waals surface area contributed by atoms with Gasteiger partial charge in [0.15, 0.2) is 9.84 Å². The molecule has 2 saturated heterocycles. The summed E-state index contributed by atoms with van der Waals surface area (Å²) in [4.78, 5) is 8.56. The Morgan fingerprint density at radius 3 is 2.16 bits per heavy atom. The number of benzene rings is 1. The lowest BCUT2D eigenvalue weighted by Crippen LogP contribution is -2.50. The highest BCUT2D eigenvalue weighted by Gasteiger charge is 2.52. The van der Waals surface area contributed by atoms with E-state index in [0.29, 0.717) is 25.7 Å². The standard InChI is InChI=1S/C24H28ClN3O7S2/c1-33-22-23(34-16-10-14-2-3-15(11-16)28(14)37(31,32)18-6-7-18)26-13-27-24(22)35-21-9-8-19(12-20(21)25)36(29,30)17-4-5-17/h8-9,12-18H,2-7,10-11H2,1H3/t14-,15?,16+/m0/s1. The molecular weight excluding hydrogens is 542 g/mol. The first-order valence-corrected chi connectivity index (χ1v) is 15.9. The van der Waals surface area contributed by atoms with Gasteiger partial charge < -0.3 is 14.2 Å². The fourth-order valence-electron chi connectivity index (χ4n) is 5.38. The Balaban J connectivity index is 1.19. The Bertz CT molecular complexity index is 1410. The van der Waals surface area contributed by atoms with Gasteiger partial charge in [-0.3, -0.25) is 0 Å². The third-order valence-corrected chi connectivity index (χ3v) is 12.5. The minimum atomic E-state index is -3.38. The van der Waals surface area contributed by atoms with Gasteiger partial charge in [0.25, 0.3) is 11.8 Å². The molecule has 2 aliphatic heterocycles. The lowest BCUT2D eigenvalue weighted by atomic mass is 10.0. The topological polar surface area (TPSA) is 125 Å². The zero-order chi connectivity index (χ0) is 25.9. The number of rotatable bonds is 9. The Hall–Kier alpha value is -2.15. The molecule has 4 fully saturated rings. The van der Waals surface area contributed by atoms with E-state index in [-0.39, 0.29) is 61.9 Å². The van der Waals surface area contributed by atoms with Gasteiger partial charge in [-0.15, -0.1) is 0 Å². The second-order valence-electron chi connectivity index (χ2n) is 10.1. The summed E-state index contributed by atoms with van der Waals surface area (Å²) in [6, 6.07) is 4.21. The molecule has 1 aromatic carbocycles. The van der Waals surface area contributed by atoms with E-state index in [4.69, 9.17) is 25.8 Å². The average Bonchev–Trinajstić information content (AvgIpc) is 3.76. The van der Waals surface area contributed by atoms with E-state index < -0.39 is 19.9 Å². The van der Waals surface area contributed by atoms with Crippen molar-refractivity contribution in [1.82, 2.24) is 14.3 Å². The fraction of sp³-hybridized carbons (Fsp3) is 0.583. The van der Waals surface area contributed by atoms with Crippen LogP contribution in [-0.4, -0.2) is 66.9 Å². The largest absolute Gasteiger partial charge is 0.487 e. The number of methoxy groups -OCH3 is 1. The molecule has 37 heavy (non-hydrogen) atoms. The second kappa shape index (κ2) is 9.25. The molecule has 3 heterocycles. The summed E-state index contributed by atoms with van der Waals surface area (Å²) in [5.74, 6) is 0.660. The third kappa shape index (κ3) is 4.66. The van der Waals surface area contributed by atoms with E-state index in [0.717, 1.165) is 25.7 Å². The van der Waals surface area contributed by atoms with E-state index in [1.54, 1.807) is 4.31 Å². The van der Waals surface area contributed by atoms with Crippen molar-refractivity contribution in [2.75, 3.05) is 7.11 Å². The predicted octanol–water partition coefficient (Wildman–Crippen LogP) is 3.73. The number of hydrogen-bond acceptors (Lipinski definition) is 9. The van der Waals surface area contributed by atoms with Crippen molar-refractivity contribution in [3.8, 4) is 23.3 Å². The summed E-state index contributed by atoms with van der Waals surface area (Å²) in [6.45, 7) is 0. The Morgan fingerprint density at radius 1 is 0.919 bits per heavy atom. The highest BCUT2D eigenvalue weighted by atomic mass is 35.5. The summed E-state index contributed by atoms with van der Waals surface area (Å²) in [5.41, 5.74) is 0. The number of fused-ring (bicyclic) bond motifs is 2. The van der Waals surface area contributed by atoms with Crippen LogP contribution < -0.4 is 14.2 Å². The molecule has 2 bridgehead atoms. The van der Waals surface area contributed by atoms with E-state index in [1.807, 2.05) is 0 Å². The van der Waals surface area contributed by atoms with Crippen molar-refractivity contribution in [3.63, 3.8) is 0 Å². The first-order valence-electron chi connectivity index (χ1n) is 12.5. The van der Waals surface area contributed by atoms with Crippen LogP contribution in [0, 0.1) is 0 Å². The maximum atomic E-state index is 12.9.